The average molecular weight is 437 g/mol. The van der Waals surface area contributed by atoms with Gasteiger partial charge in [-0.2, -0.15) is 4.31 Å². The highest BCUT2D eigenvalue weighted by atomic mass is 32.2. The highest BCUT2D eigenvalue weighted by molar-refractivity contribution is 7.89. The Bertz CT molecular complexity index is 981. The molecule has 1 aromatic heterocycles. The number of halogens is 1. The maximum absolute atomic E-state index is 14.4. The summed E-state index contributed by atoms with van der Waals surface area (Å²) in [5.41, 5.74) is 7.03. The van der Waals surface area contributed by atoms with Crippen molar-refractivity contribution in [1.82, 2.24) is 19.2 Å². The summed E-state index contributed by atoms with van der Waals surface area (Å²) in [5, 5.41) is 0. The van der Waals surface area contributed by atoms with E-state index in [-0.39, 0.29) is 12.3 Å². The Balaban J connectivity index is 1.69. The van der Waals surface area contributed by atoms with Gasteiger partial charge in [-0.05, 0) is 24.6 Å². The number of sulfonamides is 1. The third kappa shape index (κ3) is 5.29. The molecule has 0 spiro atoms. The van der Waals surface area contributed by atoms with E-state index >= 15 is 0 Å². The Morgan fingerprint density at radius 2 is 1.87 bits per heavy atom. The van der Waals surface area contributed by atoms with Crippen LogP contribution in [0.15, 0.2) is 36.9 Å². The van der Waals surface area contributed by atoms with Gasteiger partial charge in [0.1, 0.15) is 12.1 Å². The van der Waals surface area contributed by atoms with Crippen molar-refractivity contribution in [2.24, 2.45) is 5.73 Å². The third-order valence-electron chi connectivity index (χ3n) is 5.06. The number of carbonyl (C=O) groups excluding carboxylic acids is 1. The number of rotatable bonds is 7. The van der Waals surface area contributed by atoms with Gasteiger partial charge in [0.25, 0.3) is 0 Å². The number of nitrogens with zero attached hydrogens (tertiary/aromatic N) is 5. The van der Waals surface area contributed by atoms with Gasteiger partial charge in [0.15, 0.2) is 0 Å². The Kier molecular flexibility index (Phi) is 6.95. The van der Waals surface area contributed by atoms with Crippen LogP contribution >= 0.6 is 0 Å². The quantitative estimate of drug-likeness (QED) is 0.697. The van der Waals surface area contributed by atoms with Crippen LogP contribution in [-0.2, 0) is 23.1 Å². The molecule has 0 bridgehead atoms. The number of nitrogens with two attached hydrogens (primary N) is 1. The number of carbonyl (C=O) groups is 1. The minimum atomic E-state index is -3.18. The molecule has 2 heterocycles. The van der Waals surface area contributed by atoms with E-state index in [4.69, 9.17) is 5.73 Å². The molecule has 1 aliphatic heterocycles. The van der Waals surface area contributed by atoms with Crippen LogP contribution in [-0.4, -0.2) is 65.6 Å². The van der Waals surface area contributed by atoms with Crippen molar-refractivity contribution >= 4 is 21.7 Å². The zero-order valence-electron chi connectivity index (χ0n) is 16.7. The molecule has 2 N–H and O–H groups in total. The molecule has 0 saturated carbocycles. The van der Waals surface area contributed by atoms with Crippen LogP contribution < -0.4 is 10.6 Å². The Hall–Kier alpha value is -2.63. The lowest BCUT2D eigenvalue weighted by molar-refractivity contribution is 0.181. The maximum atomic E-state index is 14.4. The van der Waals surface area contributed by atoms with Gasteiger partial charge >= 0.3 is 6.03 Å². The highest BCUT2D eigenvalue weighted by Gasteiger charge is 2.25. The molecule has 3 rings (SSSR count). The van der Waals surface area contributed by atoms with Gasteiger partial charge in [-0.1, -0.05) is 6.07 Å². The lowest BCUT2D eigenvalue weighted by Gasteiger charge is -2.33. The number of amides is 2. The van der Waals surface area contributed by atoms with Gasteiger partial charge in [0.2, 0.25) is 10.0 Å². The second-order valence-corrected chi connectivity index (χ2v) is 9.28. The van der Waals surface area contributed by atoms with Crippen LogP contribution in [0.25, 0.3) is 0 Å². The van der Waals surface area contributed by atoms with E-state index in [9.17, 15) is 17.6 Å². The van der Waals surface area contributed by atoms with Gasteiger partial charge in [-0.15, -0.1) is 0 Å². The molecule has 2 amide bonds. The fourth-order valence-electron chi connectivity index (χ4n) is 3.35. The van der Waals surface area contributed by atoms with Crippen LogP contribution in [0.5, 0.6) is 0 Å². The molecule has 1 aliphatic rings. The molecule has 0 atom stereocenters. The second kappa shape index (κ2) is 9.45. The number of primary amides is 1. The first-order valence-corrected chi connectivity index (χ1v) is 11.2. The summed E-state index contributed by atoms with van der Waals surface area (Å²) in [4.78, 5) is 22.9. The summed E-state index contributed by atoms with van der Waals surface area (Å²) in [6.07, 6.45) is 4.20. The maximum Gasteiger partial charge on any atom is 0.319 e. The molecule has 2 aromatic rings. The average Bonchev–Trinajstić information content (AvgIpc) is 2.75. The molecule has 11 heteroatoms. The molecule has 0 radical (unpaired) electrons. The number of hydrogen-bond donors (Lipinski definition) is 1. The van der Waals surface area contributed by atoms with Crippen molar-refractivity contribution in [3.05, 3.63) is 53.9 Å². The number of anilines is 1. The summed E-state index contributed by atoms with van der Waals surface area (Å²) in [6, 6.07) is 4.02. The summed E-state index contributed by atoms with van der Waals surface area (Å²) in [7, 11) is -3.18. The van der Waals surface area contributed by atoms with E-state index in [0.717, 1.165) is 5.56 Å². The molecule has 0 unspecified atom stereocenters. The molecule has 1 fully saturated rings. The molecule has 1 saturated heterocycles. The minimum Gasteiger partial charge on any atom is -0.351 e. The van der Waals surface area contributed by atoms with Crippen molar-refractivity contribution in [2.45, 2.75) is 20.0 Å². The number of hydrogen-bond acceptors (Lipinski definition) is 6. The number of benzene rings is 1. The van der Waals surface area contributed by atoms with Crippen molar-refractivity contribution in [1.29, 1.82) is 0 Å². The fourth-order valence-corrected chi connectivity index (χ4v) is 4.44. The van der Waals surface area contributed by atoms with Crippen LogP contribution in [0.3, 0.4) is 0 Å². The van der Waals surface area contributed by atoms with E-state index in [1.807, 2.05) is 0 Å². The van der Waals surface area contributed by atoms with Crippen molar-refractivity contribution in [3.8, 4) is 0 Å². The highest BCUT2D eigenvalue weighted by Crippen LogP contribution is 2.19. The third-order valence-corrected chi connectivity index (χ3v) is 6.94. The molecular weight excluding hydrogens is 411 g/mol. The standard InChI is InChI=1S/C19H25FN6O3S/c1-2-30(28,29)25-7-5-24(6-8-25)12-15-3-4-18(20)16(9-15)13-26(19(21)27)17-10-22-14-23-11-17/h3-4,9-11,14H,2,5-8,12-13H2,1H3,(H2,21,27). The van der Waals surface area contributed by atoms with Crippen molar-refractivity contribution in [2.75, 3.05) is 36.8 Å². The lowest BCUT2D eigenvalue weighted by Crippen LogP contribution is -2.48. The predicted molar refractivity (Wildman–Crippen MR) is 111 cm³/mol. The fraction of sp³-hybridized carbons (Fsp3) is 0.421. The number of piperazine rings is 1. The minimum absolute atomic E-state index is 0.0507. The molecule has 9 nitrogen and oxygen atoms in total. The van der Waals surface area contributed by atoms with Crippen LogP contribution in [0.4, 0.5) is 14.9 Å². The normalized spacial score (nSPS) is 15.8. The van der Waals surface area contributed by atoms with Gasteiger partial charge in [0, 0.05) is 38.3 Å². The first-order valence-electron chi connectivity index (χ1n) is 9.59. The second-order valence-electron chi connectivity index (χ2n) is 7.02. The Morgan fingerprint density at radius 3 is 2.47 bits per heavy atom. The van der Waals surface area contributed by atoms with E-state index in [1.165, 1.54) is 34.0 Å². The molecule has 30 heavy (non-hydrogen) atoms. The van der Waals surface area contributed by atoms with Crippen molar-refractivity contribution < 1.29 is 17.6 Å². The van der Waals surface area contributed by atoms with Crippen LogP contribution in [0, 0.1) is 5.82 Å². The molecule has 162 valence electrons. The first kappa shape index (κ1) is 22.1. The zero-order valence-corrected chi connectivity index (χ0v) is 17.6. The zero-order chi connectivity index (χ0) is 21.7. The number of urea groups is 1. The smallest absolute Gasteiger partial charge is 0.319 e. The van der Waals surface area contributed by atoms with E-state index in [1.54, 1.807) is 19.1 Å². The first-order chi connectivity index (χ1) is 14.3. The molecular formula is C19H25FN6O3S. The van der Waals surface area contributed by atoms with E-state index in [2.05, 4.69) is 14.9 Å². The Morgan fingerprint density at radius 1 is 1.20 bits per heavy atom. The van der Waals surface area contributed by atoms with Gasteiger partial charge in [-0.3, -0.25) is 9.80 Å². The van der Waals surface area contributed by atoms with Crippen LogP contribution in [0.2, 0.25) is 0 Å². The van der Waals surface area contributed by atoms with E-state index in [0.29, 0.717) is 44.0 Å². The molecule has 1 aromatic carbocycles. The monoisotopic (exact) mass is 436 g/mol. The van der Waals surface area contributed by atoms with Crippen molar-refractivity contribution in [3.63, 3.8) is 0 Å². The SMILES string of the molecule is CCS(=O)(=O)N1CCN(Cc2ccc(F)c(CN(C(N)=O)c3cncnc3)c2)CC1. The summed E-state index contributed by atoms with van der Waals surface area (Å²) < 4.78 is 39.9. The van der Waals surface area contributed by atoms with Gasteiger partial charge in [-0.25, -0.2) is 27.6 Å². The van der Waals surface area contributed by atoms with Gasteiger partial charge < -0.3 is 5.73 Å². The van der Waals surface area contributed by atoms with E-state index < -0.39 is 21.9 Å². The van der Waals surface area contributed by atoms with Crippen LogP contribution in [0.1, 0.15) is 18.1 Å². The lowest BCUT2D eigenvalue weighted by atomic mass is 10.1. The summed E-state index contributed by atoms with van der Waals surface area (Å²) in [5.74, 6) is -0.349. The summed E-state index contributed by atoms with van der Waals surface area (Å²) in [6.45, 7) is 4.21. The predicted octanol–water partition coefficient (Wildman–Crippen LogP) is 1.17. The van der Waals surface area contributed by atoms with Gasteiger partial charge in [0.05, 0.1) is 30.4 Å². The Labute approximate surface area is 175 Å². The summed E-state index contributed by atoms with van der Waals surface area (Å²) >= 11 is 0. The number of aromatic nitrogens is 2. The molecule has 0 aliphatic carbocycles. The topological polar surface area (TPSA) is 113 Å². The largest absolute Gasteiger partial charge is 0.351 e.